The molecule has 37 heavy (non-hydrogen) atoms. The molecule has 2 aromatic carbocycles. The molecule has 0 saturated heterocycles. The summed E-state index contributed by atoms with van der Waals surface area (Å²) in [4.78, 5) is 46.0. The average molecular weight is 504 g/mol. The van der Waals surface area contributed by atoms with Gasteiger partial charge in [-0.05, 0) is 55.0 Å². The van der Waals surface area contributed by atoms with E-state index in [-0.39, 0.29) is 48.2 Å². The van der Waals surface area contributed by atoms with Gasteiger partial charge in [0, 0.05) is 19.1 Å². The quantitative estimate of drug-likeness (QED) is 0.494. The van der Waals surface area contributed by atoms with Gasteiger partial charge in [0.25, 0.3) is 11.8 Å². The van der Waals surface area contributed by atoms with Crippen molar-refractivity contribution >= 4 is 17.7 Å². The van der Waals surface area contributed by atoms with E-state index < -0.39 is 11.4 Å². The SMILES string of the molecule is CCc1ccc(CNC(=O)c2ncn3c2C(=O)N(C2CC2)[C@@](C)(C(=O)NCc2ccc(F)cc2)C3)cc1. The van der Waals surface area contributed by atoms with Crippen molar-refractivity contribution in [3.05, 3.63) is 88.8 Å². The minimum atomic E-state index is -1.15. The predicted octanol–water partition coefficient (Wildman–Crippen LogP) is 3.21. The lowest BCUT2D eigenvalue weighted by atomic mass is 9.93. The number of aromatic nitrogens is 2. The Labute approximate surface area is 214 Å². The number of hydrogen-bond donors (Lipinski definition) is 2. The first-order valence-electron chi connectivity index (χ1n) is 12.6. The van der Waals surface area contributed by atoms with Gasteiger partial charge < -0.3 is 20.1 Å². The maximum atomic E-state index is 13.7. The molecule has 192 valence electrons. The number of amides is 3. The molecule has 0 spiro atoms. The van der Waals surface area contributed by atoms with Crippen molar-refractivity contribution in [3.8, 4) is 0 Å². The van der Waals surface area contributed by atoms with Crippen LogP contribution in [0.1, 0.15) is 64.4 Å². The second-order valence-electron chi connectivity index (χ2n) is 9.91. The van der Waals surface area contributed by atoms with E-state index in [4.69, 9.17) is 0 Å². The Balaban J connectivity index is 1.33. The zero-order chi connectivity index (χ0) is 26.2. The van der Waals surface area contributed by atoms with Crippen molar-refractivity contribution in [2.45, 2.75) is 64.3 Å². The molecule has 9 heteroatoms. The summed E-state index contributed by atoms with van der Waals surface area (Å²) in [7, 11) is 0. The highest BCUT2D eigenvalue weighted by atomic mass is 19.1. The lowest BCUT2D eigenvalue weighted by Gasteiger charge is -2.44. The maximum absolute atomic E-state index is 13.7. The zero-order valence-electron chi connectivity index (χ0n) is 21.0. The van der Waals surface area contributed by atoms with Gasteiger partial charge >= 0.3 is 0 Å². The van der Waals surface area contributed by atoms with Crippen molar-refractivity contribution in [3.63, 3.8) is 0 Å². The summed E-state index contributed by atoms with van der Waals surface area (Å²) in [6.07, 6.45) is 4.00. The molecule has 1 atom stereocenters. The number of carbonyl (C=O) groups excluding carboxylic acids is 3. The van der Waals surface area contributed by atoms with E-state index in [1.54, 1.807) is 28.5 Å². The summed E-state index contributed by atoms with van der Waals surface area (Å²) in [5.41, 5.74) is 2.04. The molecule has 1 saturated carbocycles. The normalized spacial score (nSPS) is 18.9. The Morgan fingerprint density at radius 2 is 1.59 bits per heavy atom. The minimum Gasteiger partial charge on any atom is -0.350 e. The van der Waals surface area contributed by atoms with Crippen molar-refractivity contribution in [2.75, 3.05) is 0 Å². The zero-order valence-corrected chi connectivity index (χ0v) is 21.0. The highest BCUT2D eigenvalue weighted by Crippen LogP contribution is 2.38. The van der Waals surface area contributed by atoms with Crippen molar-refractivity contribution in [1.82, 2.24) is 25.1 Å². The van der Waals surface area contributed by atoms with Gasteiger partial charge in [-0.15, -0.1) is 0 Å². The van der Waals surface area contributed by atoms with Crippen LogP contribution in [-0.2, 0) is 30.8 Å². The fourth-order valence-electron chi connectivity index (χ4n) is 4.86. The summed E-state index contributed by atoms with van der Waals surface area (Å²) >= 11 is 0. The van der Waals surface area contributed by atoms with Gasteiger partial charge in [0.1, 0.15) is 17.1 Å². The lowest BCUT2D eigenvalue weighted by molar-refractivity contribution is -0.133. The van der Waals surface area contributed by atoms with Crippen LogP contribution in [0.2, 0.25) is 0 Å². The summed E-state index contributed by atoms with van der Waals surface area (Å²) in [5.74, 6) is -1.45. The Morgan fingerprint density at radius 3 is 2.22 bits per heavy atom. The molecular weight excluding hydrogens is 473 g/mol. The van der Waals surface area contributed by atoms with Crippen LogP contribution in [0.25, 0.3) is 0 Å². The van der Waals surface area contributed by atoms with Gasteiger partial charge in [-0.1, -0.05) is 43.3 Å². The number of fused-ring (bicyclic) bond motifs is 1. The van der Waals surface area contributed by atoms with Crippen molar-refractivity contribution in [2.24, 2.45) is 0 Å². The number of rotatable bonds is 8. The van der Waals surface area contributed by atoms with Crippen molar-refractivity contribution in [1.29, 1.82) is 0 Å². The van der Waals surface area contributed by atoms with Crippen LogP contribution in [0.3, 0.4) is 0 Å². The maximum Gasteiger partial charge on any atom is 0.274 e. The smallest absolute Gasteiger partial charge is 0.274 e. The number of hydrogen-bond acceptors (Lipinski definition) is 4. The lowest BCUT2D eigenvalue weighted by Crippen LogP contribution is -2.64. The van der Waals surface area contributed by atoms with E-state index in [1.165, 1.54) is 24.0 Å². The van der Waals surface area contributed by atoms with Crippen LogP contribution in [0, 0.1) is 5.82 Å². The standard InChI is InChI=1S/C28H30FN5O3/c1-3-18-4-6-19(7-5-18)14-30-25(35)23-24-26(36)34(22-12-13-22)28(2,16-33(24)17-32-23)27(37)31-15-20-8-10-21(29)11-9-20/h4-11,17,22H,3,12-16H2,1-2H3,(H,30,35)(H,31,37)/t28-/m1/s1. The van der Waals surface area contributed by atoms with Crippen LogP contribution in [-0.4, -0.2) is 43.8 Å². The summed E-state index contributed by atoms with van der Waals surface area (Å²) in [6, 6.07) is 13.8. The molecule has 0 bridgehead atoms. The predicted molar refractivity (Wildman–Crippen MR) is 135 cm³/mol. The molecule has 2 aliphatic rings. The Hall–Kier alpha value is -4.01. The molecular formula is C28H30FN5O3. The number of nitrogens with zero attached hydrogens (tertiary/aromatic N) is 3. The monoisotopic (exact) mass is 503 g/mol. The first-order valence-corrected chi connectivity index (χ1v) is 12.6. The Kier molecular flexibility index (Phi) is 6.54. The summed E-state index contributed by atoms with van der Waals surface area (Å²) < 4.78 is 14.8. The van der Waals surface area contributed by atoms with Gasteiger partial charge in [-0.3, -0.25) is 14.4 Å². The van der Waals surface area contributed by atoms with Crippen LogP contribution < -0.4 is 10.6 Å². The van der Waals surface area contributed by atoms with Crippen LogP contribution in [0.5, 0.6) is 0 Å². The molecule has 1 fully saturated rings. The molecule has 0 radical (unpaired) electrons. The topological polar surface area (TPSA) is 96.3 Å². The molecule has 1 aliphatic carbocycles. The minimum absolute atomic E-state index is 0.0642. The number of aryl methyl sites for hydroxylation is 1. The molecule has 3 amide bonds. The number of benzene rings is 2. The molecule has 3 aromatic rings. The Bertz CT molecular complexity index is 1330. The molecule has 8 nitrogen and oxygen atoms in total. The van der Waals surface area contributed by atoms with E-state index in [2.05, 4.69) is 22.5 Å². The van der Waals surface area contributed by atoms with Crippen LogP contribution in [0.4, 0.5) is 4.39 Å². The van der Waals surface area contributed by atoms with Gasteiger partial charge in [0.05, 0.1) is 12.9 Å². The highest BCUT2D eigenvalue weighted by molar-refractivity contribution is 6.07. The third kappa shape index (κ3) is 4.85. The molecule has 2 heterocycles. The van der Waals surface area contributed by atoms with Crippen molar-refractivity contribution < 1.29 is 18.8 Å². The van der Waals surface area contributed by atoms with Gasteiger partial charge in [0.15, 0.2) is 5.69 Å². The largest absolute Gasteiger partial charge is 0.350 e. The third-order valence-corrected chi connectivity index (χ3v) is 7.14. The fourth-order valence-corrected chi connectivity index (χ4v) is 4.86. The summed E-state index contributed by atoms with van der Waals surface area (Å²) in [6.45, 7) is 4.54. The molecule has 5 rings (SSSR count). The second kappa shape index (κ2) is 9.80. The third-order valence-electron chi connectivity index (χ3n) is 7.14. The molecule has 2 N–H and O–H groups in total. The van der Waals surface area contributed by atoms with Crippen LogP contribution >= 0.6 is 0 Å². The van der Waals surface area contributed by atoms with E-state index in [9.17, 15) is 18.8 Å². The average Bonchev–Trinajstić information content (AvgIpc) is 3.64. The second-order valence-corrected chi connectivity index (χ2v) is 9.91. The molecule has 1 aromatic heterocycles. The van der Waals surface area contributed by atoms with Gasteiger partial charge in [0.2, 0.25) is 5.91 Å². The van der Waals surface area contributed by atoms with Crippen LogP contribution in [0.15, 0.2) is 54.9 Å². The molecule has 1 aliphatic heterocycles. The molecule has 0 unspecified atom stereocenters. The first kappa shape index (κ1) is 24.7. The number of halogens is 1. The van der Waals surface area contributed by atoms with E-state index in [0.717, 1.165) is 30.4 Å². The Morgan fingerprint density at radius 1 is 1.00 bits per heavy atom. The fraction of sp³-hybridized carbons (Fsp3) is 0.357. The highest BCUT2D eigenvalue weighted by Gasteiger charge is 2.53. The van der Waals surface area contributed by atoms with Gasteiger partial charge in [-0.25, -0.2) is 9.37 Å². The first-order chi connectivity index (χ1) is 17.8. The number of nitrogens with one attached hydrogen (secondary N) is 2. The van der Waals surface area contributed by atoms with E-state index >= 15 is 0 Å². The number of carbonyl (C=O) groups is 3. The number of imidazole rings is 1. The van der Waals surface area contributed by atoms with E-state index in [1.807, 2.05) is 24.3 Å². The van der Waals surface area contributed by atoms with E-state index in [0.29, 0.717) is 6.54 Å². The summed E-state index contributed by atoms with van der Waals surface area (Å²) in [5, 5.41) is 5.76. The van der Waals surface area contributed by atoms with Gasteiger partial charge in [-0.2, -0.15) is 0 Å².